The molecular formula is C30H30FN9O. The van der Waals surface area contributed by atoms with Crippen molar-refractivity contribution in [3.8, 4) is 11.1 Å². The Morgan fingerprint density at radius 3 is 2.46 bits per heavy atom. The monoisotopic (exact) mass is 551 g/mol. The van der Waals surface area contributed by atoms with E-state index < -0.39 is 5.54 Å². The second-order valence-corrected chi connectivity index (χ2v) is 11.1. The Hall–Kier alpha value is -4.48. The minimum absolute atomic E-state index is 0.220. The van der Waals surface area contributed by atoms with Crippen LogP contribution in [-0.2, 0) is 5.54 Å². The van der Waals surface area contributed by atoms with Crippen molar-refractivity contribution < 1.29 is 9.50 Å². The SMILES string of the molecule is CC(N)(c1ccc(F)cc1)c1cnc(C2=CCN(c3ncnn4cc(-c5cnn(C6CC(O)C6)c5)cc34)CC2)nc1. The van der Waals surface area contributed by atoms with Crippen LogP contribution in [0.25, 0.3) is 22.2 Å². The number of anilines is 1. The molecule has 1 saturated carbocycles. The zero-order chi connectivity index (χ0) is 28.1. The molecule has 1 atom stereocenters. The zero-order valence-corrected chi connectivity index (χ0v) is 22.6. The van der Waals surface area contributed by atoms with Crippen LogP contribution in [0.1, 0.15) is 49.2 Å². The van der Waals surface area contributed by atoms with Crippen LogP contribution >= 0.6 is 0 Å². The van der Waals surface area contributed by atoms with Crippen molar-refractivity contribution in [3.63, 3.8) is 0 Å². The summed E-state index contributed by atoms with van der Waals surface area (Å²) >= 11 is 0. The number of rotatable bonds is 6. The van der Waals surface area contributed by atoms with E-state index in [4.69, 9.17) is 5.73 Å². The van der Waals surface area contributed by atoms with Crippen molar-refractivity contribution >= 4 is 16.9 Å². The smallest absolute Gasteiger partial charge is 0.156 e. The van der Waals surface area contributed by atoms with Gasteiger partial charge in [-0.15, -0.1) is 0 Å². The Balaban J connectivity index is 1.08. The highest BCUT2D eigenvalue weighted by Crippen LogP contribution is 2.34. The van der Waals surface area contributed by atoms with E-state index in [0.29, 0.717) is 12.4 Å². The molecular weight excluding hydrogens is 521 g/mol. The maximum Gasteiger partial charge on any atom is 0.156 e. The van der Waals surface area contributed by atoms with Gasteiger partial charge in [0.1, 0.15) is 17.7 Å². The molecule has 4 aromatic heterocycles. The summed E-state index contributed by atoms with van der Waals surface area (Å²) in [4.78, 5) is 16.1. The molecule has 2 aliphatic rings. The summed E-state index contributed by atoms with van der Waals surface area (Å²) in [5, 5.41) is 18.6. The summed E-state index contributed by atoms with van der Waals surface area (Å²) in [7, 11) is 0. The molecule has 0 bridgehead atoms. The van der Waals surface area contributed by atoms with Crippen LogP contribution in [0.2, 0.25) is 0 Å². The minimum Gasteiger partial charge on any atom is -0.393 e. The van der Waals surface area contributed by atoms with Crippen LogP contribution < -0.4 is 10.6 Å². The van der Waals surface area contributed by atoms with Gasteiger partial charge in [-0.2, -0.15) is 10.2 Å². The lowest BCUT2D eigenvalue weighted by Gasteiger charge is -2.31. The van der Waals surface area contributed by atoms with Crippen LogP contribution in [-0.4, -0.2) is 58.6 Å². The van der Waals surface area contributed by atoms with Crippen LogP contribution in [0.5, 0.6) is 0 Å². The Morgan fingerprint density at radius 1 is 0.976 bits per heavy atom. The lowest BCUT2D eigenvalue weighted by Crippen LogP contribution is -2.34. The molecule has 7 rings (SSSR count). The molecule has 0 spiro atoms. The van der Waals surface area contributed by atoms with E-state index in [-0.39, 0.29) is 18.0 Å². The molecule has 1 unspecified atom stereocenters. The summed E-state index contributed by atoms with van der Waals surface area (Å²) in [6, 6.07) is 8.55. The number of nitrogens with zero attached hydrogens (tertiary/aromatic N) is 8. The third-order valence-corrected chi connectivity index (χ3v) is 8.27. The Kier molecular flexibility index (Phi) is 6.13. The maximum absolute atomic E-state index is 13.4. The Morgan fingerprint density at radius 2 is 1.76 bits per heavy atom. The minimum atomic E-state index is -0.837. The highest BCUT2D eigenvalue weighted by Gasteiger charge is 2.29. The van der Waals surface area contributed by atoms with Gasteiger partial charge >= 0.3 is 0 Å². The van der Waals surface area contributed by atoms with E-state index in [9.17, 15) is 9.50 Å². The molecule has 1 fully saturated rings. The third-order valence-electron chi connectivity index (χ3n) is 8.27. The molecule has 1 aromatic carbocycles. The van der Waals surface area contributed by atoms with E-state index in [1.165, 1.54) is 12.1 Å². The number of halogens is 1. The van der Waals surface area contributed by atoms with E-state index in [1.54, 1.807) is 30.9 Å². The average Bonchev–Trinajstić information content (AvgIpc) is 3.63. The molecule has 5 aromatic rings. The summed E-state index contributed by atoms with van der Waals surface area (Å²) in [6.45, 7) is 3.30. The van der Waals surface area contributed by atoms with Gasteiger partial charge < -0.3 is 15.7 Å². The molecule has 1 aliphatic carbocycles. The van der Waals surface area contributed by atoms with Crippen molar-refractivity contribution in [2.24, 2.45) is 5.73 Å². The standard InChI is InChI=1S/C30H30FN9O/c1-30(32,22-2-4-24(31)5-3-22)23-14-33-28(34-15-23)19-6-8-38(9-7-19)29-27-10-20(16-40(27)37-18-35-29)21-13-36-39(17-21)25-11-26(41)12-25/h2-6,10,13-18,25-26,41H,7-9,11-12,32H2,1H3. The fraction of sp³-hybridized carbons (Fsp3) is 0.300. The van der Waals surface area contributed by atoms with Crippen LogP contribution in [0.15, 0.2) is 73.7 Å². The van der Waals surface area contributed by atoms with Crippen molar-refractivity contribution in [3.05, 3.63) is 96.5 Å². The van der Waals surface area contributed by atoms with Gasteiger partial charge in [-0.05, 0) is 55.5 Å². The van der Waals surface area contributed by atoms with Gasteiger partial charge in [0.2, 0.25) is 0 Å². The molecule has 3 N–H and O–H groups in total. The summed E-state index contributed by atoms with van der Waals surface area (Å²) < 4.78 is 17.2. The number of nitrogens with two attached hydrogens (primary N) is 1. The van der Waals surface area contributed by atoms with Crippen molar-refractivity contribution in [1.29, 1.82) is 0 Å². The maximum atomic E-state index is 13.4. The van der Waals surface area contributed by atoms with Gasteiger partial charge in [-0.3, -0.25) is 4.68 Å². The molecule has 10 nitrogen and oxygen atoms in total. The first-order valence-corrected chi connectivity index (χ1v) is 13.7. The van der Waals surface area contributed by atoms with Crippen LogP contribution in [0, 0.1) is 5.82 Å². The van der Waals surface area contributed by atoms with Crippen molar-refractivity contribution in [1.82, 2.24) is 34.3 Å². The van der Waals surface area contributed by atoms with E-state index in [2.05, 4.69) is 42.2 Å². The molecule has 208 valence electrons. The number of aromatic nitrogens is 7. The van der Waals surface area contributed by atoms with Crippen molar-refractivity contribution in [2.45, 2.75) is 43.9 Å². The number of aliphatic hydroxyl groups is 1. The summed E-state index contributed by atoms with van der Waals surface area (Å²) in [6.07, 6.45) is 15.2. The van der Waals surface area contributed by atoms with Gasteiger partial charge in [0.05, 0.1) is 23.9 Å². The Bertz CT molecular complexity index is 1730. The van der Waals surface area contributed by atoms with E-state index >= 15 is 0 Å². The third kappa shape index (κ3) is 4.66. The average molecular weight is 552 g/mol. The van der Waals surface area contributed by atoms with E-state index in [0.717, 1.165) is 65.0 Å². The lowest BCUT2D eigenvalue weighted by molar-refractivity contribution is 0.0434. The molecule has 1 aliphatic heterocycles. The van der Waals surface area contributed by atoms with Crippen molar-refractivity contribution in [2.75, 3.05) is 18.0 Å². The van der Waals surface area contributed by atoms with Crippen LogP contribution in [0.4, 0.5) is 10.2 Å². The first kappa shape index (κ1) is 25.5. The Labute approximate surface area is 236 Å². The normalized spacial score (nSPS) is 20.5. The largest absolute Gasteiger partial charge is 0.393 e. The first-order valence-electron chi connectivity index (χ1n) is 13.7. The molecule has 0 amide bonds. The second-order valence-electron chi connectivity index (χ2n) is 11.1. The second kappa shape index (κ2) is 9.86. The zero-order valence-electron chi connectivity index (χ0n) is 22.6. The van der Waals surface area contributed by atoms with Gasteiger partial charge in [0, 0.05) is 54.6 Å². The van der Waals surface area contributed by atoms with Gasteiger partial charge in [-0.25, -0.2) is 23.9 Å². The quantitative estimate of drug-likeness (QED) is 0.327. The fourth-order valence-electron chi connectivity index (χ4n) is 5.57. The predicted molar refractivity (Wildman–Crippen MR) is 152 cm³/mol. The fourth-order valence-corrected chi connectivity index (χ4v) is 5.57. The van der Waals surface area contributed by atoms with Gasteiger partial charge in [0.25, 0.3) is 0 Å². The van der Waals surface area contributed by atoms with Crippen LogP contribution in [0.3, 0.4) is 0 Å². The molecule has 11 heteroatoms. The number of hydrogen-bond acceptors (Lipinski definition) is 8. The van der Waals surface area contributed by atoms with Gasteiger partial charge in [-0.1, -0.05) is 18.2 Å². The topological polar surface area (TPSA) is 123 Å². The molecule has 0 saturated heterocycles. The first-order chi connectivity index (χ1) is 19.8. The summed E-state index contributed by atoms with van der Waals surface area (Å²) in [5.41, 5.74) is 11.3. The lowest BCUT2D eigenvalue weighted by atomic mass is 9.87. The number of benzene rings is 1. The number of hydrogen-bond donors (Lipinski definition) is 2. The molecule has 5 heterocycles. The molecule has 0 radical (unpaired) electrons. The van der Waals surface area contributed by atoms with Gasteiger partial charge in [0.15, 0.2) is 11.6 Å². The highest BCUT2D eigenvalue weighted by atomic mass is 19.1. The number of aliphatic hydroxyl groups excluding tert-OH is 1. The number of fused-ring (bicyclic) bond motifs is 1. The summed E-state index contributed by atoms with van der Waals surface area (Å²) in [5.74, 6) is 1.25. The predicted octanol–water partition coefficient (Wildman–Crippen LogP) is 3.73. The highest BCUT2D eigenvalue weighted by molar-refractivity contribution is 5.78. The van der Waals surface area contributed by atoms with E-state index in [1.807, 2.05) is 34.7 Å². The molecule has 41 heavy (non-hydrogen) atoms.